The van der Waals surface area contributed by atoms with Gasteiger partial charge in [-0.05, 0) is 42.5 Å². The molecule has 0 amide bonds. The van der Waals surface area contributed by atoms with Gasteiger partial charge in [-0.3, -0.25) is 14.6 Å². The van der Waals surface area contributed by atoms with Crippen molar-refractivity contribution >= 4 is 46.5 Å². The highest BCUT2D eigenvalue weighted by Crippen LogP contribution is 2.24. The topological polar surface area (TPSA) is 102 Å². The van der Waals surface area contributed by atoms with Gasteiger partial charge in [-0.25, -0.2) is 0 Å². The Morgan fingerprint density at radius 2 is 1.90 bits per heavy atom. The number of nitrogens with zero attached hydrogens (tertiary/aromatic N) is 4. The fourth-order valence-corrected chi connectivity index (χ4v) is 3.72. The van der Waals surface area contributed by atoms with E-state index in [0.717, 1.165) is 11.8 Å². The number of fused-ring (bicyclic) bond motifs is 1. The fourth-order valence-electron chi connectivity index (χ4n) is 2.65. The van der Waals surface area contributed by atoms with Gasteiger partial charge in [0.2, 0.25) is 5.16 Å². The second kappa shape index (κ2) is 8.47. The Bertz CT molecular complexity index is 1300. The Kier molecular flexibility index (Phi) is 5.76. The van der Waals surface area contributed by atoms with Gasteiger partial charge in [0.25, 0.3) is 11.3 Å². The Hall–Kier alpha value is -2.88. The number of Topliss-reactive ketones (excluding diaryl/α,β-unsaturated/α-hetero) is 1. The van der Waals surface area contributed by atoms with E-state index in [-0.39, 0.29) is 23.0 Å². The largest absolute Gasteiger partial charge is 0.497 e. The minimum atomic E-state index is -0.400. The van der Waals surface area contributed by atoms with Crippen molar-refractivity contribution in [2.24, 2.45) is 0 Å². The highest BCUT2D eigenvalue weighted by atomic mass is 35.5. The van der Waals surface area contributed by atoms with Crippen molar-refractivity contribution in [3.05, 3.63) is 68.4 Å². The summed E-state index contributed by atoms with van der Waals surface area (Å²) in [6.45, 7) is 0. The molecule has 0 aliphatic heterocycles. The number of rotatable bonds is 6. The van der Waals surface area contributed by atoms with Crippen LogP contribution in [0.4, 0.5) is 0 Å². The monoisotopic (exact) mass is 461 g/mol. The zero-order valence-electron chi connectivity index (χ0n) is 15.4. The minimum absolute atomic E-state index is 0.0808. The minimum Gasteiger partial charge on any atom is -0.497 e. The molecule has 8 nitrogen and oxygen atoms in total. The molecule has 0 aliphatic rings. The van der Waals surface area contributed by atoms with Crippen LogP contribution in [0.5, 0.6) is 5.75 Å². The van der Waals surface area contributed by atoms with Crippen LogP contribution in [0.25, 0.3) is 17.0 Å². The third-order valence-electron chi connectivity index (χ3n) is 4.19. The first-order valence-electron chi connectivity index (χ1n) is 8.57. The van der Waals surface area contributed by atoms with Gasteiger partial charge in [0, 0.05) is 11.1 Å². The number of thioether (sulfide) groups is 1. The summed E-state index contributed by atoms with van der Waals surface area (Å²) in [7, 11) is 1.56. The molecule has 0 atom stereocenters. The summed E-state index contributed by atoms with van der Waals surface area (Å²) in [5.41, 5.74) is 0.840. The van der Waals surface area contributed by atoms with Crippen molar-refractivity contribution in [3.8, 4) is 17.0 Å². The maximum absolute atomic E-state index is 12.5. The highest BCUT2D eigenvalue weighted by Gasteiger charge is 2.16. The molecule has 2 heterocycles. The number of ether oxygens (including phenoxy) is 1. The van der Waals surface area contributed by atoms with Gasteiger partial charge in [-0.15, -0.1) is 10.2 Å². The molecule has 0 saturated carbocycles. The van der Waals surface area contributed by atoms with Crippen LogP contribution < -0.4 is 10.3 Å². The molecule has 4 aromatic rings. The second-order valence-corrected chi connectivity index (χ2v) is 7.85. The number of carbonyl (C=O) groups excluding carboxylic acids is 1. The van der Waals surface area contributed by atoms with Crippen molar-refractivity contribution in [1.82, 2.24) is 24.8 Å². The van der Waals surface area contributed by atoms with Crippen LogP contribution in [0.1, 0.15) is 10.4 Å². The van der Waals surface area contributed by atoms with Crippen molar-refractivity contribution in [2.75, 3.05) is 12.9 Å². The van der Waals surface area contributed by atoms with Crippen LogP contribution in [0.3, 0.4) is 0 Å². The summed E-state index contributed by atoms with van der Waals surface area (Å²) in [6, 6.07) is 11.6. The molecule has 0 radical (unpaired) electrons. The first-order chi connectivity index (χ1) is 14.5. The van der Waals surface area contributed by atoms with Crippen molar-refractivity contribution < 1.29 is 9.53 Å². The van der Waals surface area contributed by atoms with Crippen LogP contribution in [-0.2, 0) is 0 Å². The lowest BCUT2D eigenvalue weighted by atomic mass is 10.1. The van der Waals surface area contributed by atoms with E-state index in [9.17, 15) is 9.59 Å². The third kappa shape index (κ3) is 4.04. The van der Waals surface area contributed by atoms with E-state index in [1.54, 1.807) is 43.5 Å². The molecule has 1 N–H and O–H groups in total. The average Bonchev–Trinajstić information content (AvgIpc) is 3.15. The van der Waals surface area contributed by atoms with Gasteiger partial charge in [-0.2, -0.15) is 9.61 Å². The summed E-state index contributed by atoms with van der Waals surface area (Å²) in [6.07, 6.45) is 0. The maximum atomic E-state index is 12.5. The van der Waals surface area contributed by atoms with Gasteiger partial charge in [0.05, 0.1) is 22.9 Å². The van der Waals surface area contributed by atoms with Gasteiger partial charge in [0.15, 0.2) is 11.5 Å². The van der Waals surface area contributed by atoms with Crippen LogP contribution in [0, 0.1) is 0 Å². The molecule has 152 valence electrons. The van der Waals surface area contributed by atoms with E-state index in [1.165, 1.54) is 10.6 Å². The second-order valence-electron chi connectivity index (χ2n) is 6.09. The molecule has 2 aromatic heterocycles. The summed E-state index contributed by atoms with van der Waals surface area (Å²) in [4.78, 5) is 27.5. The molecular formula is C19H13Cl2N5O3S. The van der Waals surface area contributed by atoms with Crippen LogP contribution in [-0.4, -0.2) is 43.4 Å². The lowest BCUT2D eigenvalue weighted by Crippen LogP contribution is -2.15. The summed E-state index contributed by atoms with van der Waals surface area (Å²) in [5, 5.41) is 13.4. The smallest absolute Gasteiger partial charge is 0.279 e. The normalized spacial score (nSPS) is 11.0. The number of nitrogens with one attached hydrogen (secondary N) is 1. The number of aromatic nitrogens is 5. The summed E-state index contributed by atoms with van der Waals surface area (Å²) < 4.78 is 6.53. The average molecular weight is 462 g/mol. The van der Waals surface area contributed by atoms with E-state index in [2.05, 4.69) is 20.3 Å². The van der Waals surface area contributed by atoms with E-state index >= 15 is 0 Å². The lowest BCUT2D eigenvalue weighted by molar-refractivity contribution is 0.102. The van der Waals surface area contributed by atoms with Crippen LogP contribution >= 0.6 is 35.0 Å². The quantitative estimate of drug-likeness (QED) is 0.344. The van der Waals surface area contributed by atoms with Crippen molar-refractivity contribution in [2.45, 2.75) is 5.16 Å². The Morgan fingerprint density at radius 3 is 2.60 bits per heavy atom. The molecule has 11 heteroatoms. The number of hydrogen-bond acceptors (Lipinski definition) is 7. The number of halogens is 2. The van der Waals surface area contributed by atoms with Crippen molar-refractivity contribution in [1.29, 1.82) is 0 Å². The Morgan fingerprint density at radius 1 is 1.13 bits per heavy atom. The Labute approximate surface area is 184 Å². The van der Waals surface area contributed by atoms with Crippen molar-refractivity contribution in [3.63, 3.8) is 0 Å². The van der Waals surface area contributed by atoms with Crippen LogP contribution in [0.2, 0.25) is 10.0 Å². The molecule has 0 fully saturated rings. The number of methoxy groups -OCH3 is 1. The van der Waals surface area contributed by atoms with Gasteiger partial charge < -0.3 is 4.74 Å². The zero-order chi connectivity index (χ0) is 21.3. The first-order valence-corrected chi connectivity index (χ1v) is 10.3. The van der Waals surface area contributed by atoms with Crippen LogP contribution in [0.15, 0.2) is 52.4 Å². The number of benzene rings is 2. The molecule has 0 spiro atoms. The van der Waals surface area contributed by atoms with E-state index in [4.69, 9.17) is 27.9 Å². The lowest BCUT2D eigenvalue weighted by Gasteiger charge is -2.04. The summed E-state index contributed by atoms with van der Waals surface area (Å²) >= 11 is 13.0. The van der Waals surface area contributed by atoms with E-state index in [0.29, 0.717) is 32.1 Å². The SMILES string of the molecule is COc1ccc(-c2nn3c(SCC(=O)c4ccc(Cl)c(Cl)c4)nnc3[nH]c2=O)cc1. The molecule has 30 heavy (non-hydrogen) atoms. The highest BCUT2D eigenvalue weighted by molar-refractivity contribution is 7.99. The number of ketones is 1. The molecule has 4 rings (SSSR count). The Balaban J connectivity index is 1.61. The number of carbonyl (C=O) groups is 1. The molecule has 0 unspecified atom stereocenters. The molecule has 0 saturated heterocycles. The van der Waals surface area contributed by atoms with E-state index in [1.807, 2.05) is 0 Å². The number of H-pyrrole nitrogens is 1. The zero-order valence-corrected chi connectivity index (χ0v) is 17.8. The van der Waals surface area contributed by atoms with Gasteiger partial charge >= 0.3 is 0 Å². The molecular weight excluding hydrogens is 449 g/mol. The fraction of sp³-hybridized carbons (Fsp3) is 0.105. The first kappa shape index (κ1) is 20.4. The third-order valence-corrected chi connectivity index (χ3v) is 5.85. The standard InChI is InChI=1S/C19H13Cl2N5O3S/c1-29-12-5-2-10(3-6-12)16-17(28)22-18-23-24-19(26(18)25-16)30-9-15(27)11-4-7-13(20)14(21)8-11/h2-8H,9H2,1H3,(H,22,23,28). The summed E-state index contributed by atoms with van der Waals surface area (Å²) in [5.74, 6) is 0.770. The van der Waals surface area contributed by atoms with E-state index < -0.39 is 5.56 Å². The predicted molar refractivity (Wildman–Crippen MR) is 115 cm³/mol. The number of hydrogen-bond donors (Lipinski definition) is 1. The predicted octanol–water partition coefficient (Wildman–Crippen LogP) is 3.77. The molecule has 2 aromatic carbocycles. The number of aromatic amines is 1. The van der Waals surface area contributed by atoms with Gasteiger partial charge in [-0.1, -0.05) is 35.0 Å². The molecule has 0 bridgehead atoms. The maximum Gasteiger partial charge on any atom is 0.279 e. The molecule has 0 aliphatic carbocycles. The van der Waals surface area contributed by atoms with Gasteiger partial charge in [0.1, 0.15) is 5.75 Å².